The molecule has 158 valence electrons. The lowest BCUT2D eigenvalue weighted by atomic mass is 9.86. The molecule has 2 aromatic rings. The summed E-state index contributed by atoms with van der Waals surface area (Å²) in [5, 5.41) is 0. The number of carbonyl (C=O) groups is 1. The van der Waals surface area contributed by atoms with E-state index in [4.69, 9.17) is 14.2 Å². The average Bonchev–Trinajstić information content (AvgIpc) is 3.50. The van der Waals surface area contributed by atoms with Gasteiger partial charge in [0.25, 0.3) is 0 Å². The number of ether oxygens (including phenoxy) is 3. The van der Waals surface area contributed by atoms with Crippen LogP contribution in [0.4, 0.5) is 0 Å². The van der Waals surface area contributed by atoms with Gasteiger partial charge in [0.15, 0.2) is 11.5 Å². The van der Waals surface area contributed by atoms with E-state index < -0.39 is 0 Å². The maximum Gasteiger partial charge on any atom is 0.227 e. The zero-order chi connectivity index (χ0) is 20.7. The molecular weight excluding hydrogens is 378 g/mol. The predicted molar refractivity (Wildman–Crippen MR) is 114 cm³/mol. The number of benzene rings is 2. The SMILES string of the molecule is COc1cc2c(cc1OC)[C@H](c1ccccc1)N(C(=O)[C@H]1CC13CCOCC3)CC2. The fourth-order valence-corrected chi connectivity index (χ4v) is 5.41. The summed E-state index contributed by atoms with van der Waals surface area (Å²) in [6.45, 7) is 2.29. The Morgan fingerprint density at radius 1 is 1.07 bits per heavy atom. The molecule has 5 nitrogen and oxygen atoms in total. The van der Waals surface area contributed by atoms with Crippen molar-refractivity contribution in [1.82, 2.24) is 4.90 Å². The number of hydrogen-bond acceptors (Lipinski definition) is 4. The van der Waals surface area contributed by atoms with Crippen LogP contribution in [0.5, 0.6) is 11.5 Å². The Hall–Kier alpha value is -2.53. The Morgan fingerprint density at radius 2 is 1.77 bits per heavy atom. The molecule has 1 aliphatic carbocycles. The van der Waals surface area contributed by atoms with Gasteiger partial charge in [0.05, 0.1) is 20.3 Å². The van der Waals surface area contributed by atoms with Gasteiger partial charge in [-0.25, -0.2) is 0 Å². The first-order chi connectivity index (χ1) is 14.7. The predicted octanol–water partition coefficient (Wildman–Crippen LogP) is 3.99. The summed E-state index contributed by atoms with van der Waals surface area (Å²) in [6, 6.07) is 14.4. The molecule has 0 bridgehead atoms. The topological polar surface area (TPSA) is 48.0 Å². The van der Waals surface area contributed by atoms with E-state index in [-0.39, 0.29) is 17.4 Å². The van der Waals surface area contributed by atoms with Gasteiger partial charge < -0.3 is 19.1 Å². The lowest BCUT2D eigenvalue weighted by Crippen LogP contribution is -2.42. The maximum atomic E-state index is 13.7. The van der Waals surface area contributed by atoms with Gasteiger partial charge in [0, 0.05) is 25.7 Å². The second-order valence-electron chi connectivity index (χ2n) is 8.73. The molecule has 3 aliphatic rings. The van der Waals surface area contributed by atoms with Crippen LogP contribution < -0.4 is 9.47 Å². The summed E-state index contributed by atoms with van der Waals surface area (Å²) in [7, 11) is 3.32. The normalized spacial score (nSPS) is 24.3. The number of methoxy groups -OCH3 is 2. The van der Waals surface area contributed by atoms with E-state index in [1.807, 2.05) is 18.2 Å². The minimum Gasteiger partial charge on any atom is -0.493 e. The van der Waals surface area contributed by atoms with Gasteiger partial charge >= 0.3 is 0 Å². The lowest BCUT2D eigenvalue weighted by molar-refractivity contribution is -0.136. The molecule has 5 heteroatoms. The summed E-state index contributed by atoms with van der Waals surface area (Å²) >= 11 is 0. The van der Waals surface area contributed by atoms with Crippen molar-refractivity contribution in [2.75, 3.05) is 34.0 Å². The zero-order valence-corrected chi connectivity index (χ0v) is 17.7. The quantitative estimate of drug-likeness (QED) is 0.769. The van der Waals surface area contributed by atoms with Gasteiger partial charge in [-0.05, 0) is 59.9 Å². The molecule has 0 aromatic heterocycles. The molecule has 0 unspecified atom stereocenters. The van der Waals surface area contributed by atoms with Crippen molar-refractivity contribution in [1.29, 1.82) is 0 Å². The highest BCUT2D eigenvalue weighted by molar-refractivity contribution is 5.84. The maximum absolute atomic E-state index is 13.7. The average molecular weight is 408 g/mol. The summed E-state index contributed by atoms with van der Waals surface area (Å²) in [5.41, 5.74) is 3.68. The summed E-state index contributed by atoms with van der Waals surface area (Å²) in [4.78, 5) is 15.8. The molecule has 1 amide bonds. The molecular formula is C25H29NO4. The van der Waals surface area contributed by atoms with Crippen molar-refractivity contribution in [3.05, 3.63) is 59.2 Å². The molecule has 1 spiro atoms. The first-order valence-electron chi connectivity index (χ1n) is 10.8. The van der Waals surface area contributed by atoms with Crippen LogP contribution in [0.15, 0.2) is 42.5 Å². The number of fused-ring (bicyclic) bond motifs is 1. The number of amides is 1. The molecule has 2 atom stereocenters. The van der Waals surface area contributed by atoms with Crippen LogP contribution in [-0.2, 0) is 16.0 Å². The first-order valence-corrected chi connectivity index (χ1v) is 10.8. The van der Waals surface area contributed by atoms with Gasteiger partial charge in [-0.2, -0.15) is 0 Å². The van der Waals surface area contributed by atoms with E-state index >= 15 is 0 Å². The largest absolute Gasteiger partial charge is 0.493 e. The summed E-state index contributed by atoms with van der Waals surface area (Å²) < 4.78 is 16.7. The molecule has 2 aromatic carbocycles. The number of carbonyl (C=O) groups excluding carboxylic acids is 1. The molecule has 0 N–H and O–H groups in total. The third-order valence-electron chi connectivity index (χ3n) is 7.25. The Kier molecular flexibility index (Phi) is 4.94. The smallest absolute Gasteiger partial charge is 0.227 e. The van der Waals surface area contributed by atoms with Crippen LogP contribution in [0.25, 0.3) is 0 Å². The first kappa shape index (κ1) is 19.4. The highest BCUT2D eigenvalue weighted by Crippen LogP contribution is 2.60. The molecule has 2 fully saturated rings. The van der Waals surface area contributed by atoms with Gasteiger partial charge in [-0.1, -0.05) is 30.3 Å². The molecule has 1 saturated carbocycles. The minimum atomic E-state index is -0.0975. The van der Waals surface area contributed by atoms with Crippen molar-refractivity contribution < 1.29 is 19.0 Å². The molecule has 2 aliphatic heterocycles. The number of hydrogen-bond donors (Lipinski definition) is 0. The minimum absolute atomic E-state index is 0.0975. The van der Waals surface area contributed by atoms with Crippen LogP contribution in [-0.4, -0.2) is 44.8 Å². The second-order valence-corrected chi connectivity index (χ2v) is 8.73. The fourth-order valence-electron chi connectivity index (χ4n) is 5.41. The Bertz CT molecular complexity index is 936. The van der Waals surface area contributed by atoms with Crippen LogP contribution in [0, 0.1) is 11.3 Å². The van der Waals surface area contributed by atoms with E-state index in [9.17, 15) is 4.79 Å². The Morgan fingerprint density at radius 3 is 2.47 bits per heavy atom. The standard InChI is InChI=1S/C25H29NO4/c1-28-21-14-18-8-11-26(24(27)20-16-25(20)9-12-30-13-10-25)23(17-6-4-3-5-7-17)19(18)15-22(21)29-2/h3-7,14-15,20,23H,8-13,16H2,1-2H3/t20-,23+/m1/s1. The Labute approximate surface area is 177 Å². The van der Waals surface area contributed by atoms with Crippen molar-refractivity contribution in [2.45, 2.75) is 31.7 Å². The van der Waals surface area contributed by atoms with E-state index in [0.29, 0.717) is 11.7 Å². The summed E-state index contributed by atoms with van der Waals surface area (Å²) in [6.07, 6.45) is 3.85. The molecule has 2 heterocycles. The number of rotatable bonds is 4. The van der Waals surface area contributed by atoms with E-state index in [2.05, 4.69) is 29.2 Å². The van der Waals surface area contributed by atoms with Crippen LogP contribution in [0.3, 0.4) is 0 Å². The van der Waals surface area contributed by atoms with Crippen molar-refractivity contribution in [2.24, 2.45) is 11.3 Å². The number of nitrogens with zero attached hydrogens (tertiary/aromatic N) is 1. The third kappa shape index (κ3) is 3.16. The van der Waals surface area contributed by atoms with E-state index in [0.717, 1.165) is 62.3 Å². The van der Waals surface area contributed by atoms with Gasteiger partial charge in [-0.3, -0.25) is 4.79 Å². The van der Waals surface area contributed by atoms with Crippen LogP contribution >= 0.6 is 0 Å². The molecule has 0 radical (unpaired) electrons. The van der Waals surface area contributed by atoms with Crippen LogP contribution in [0.1, 0.15) is 42.0 Å². The lowest BCUT2D eigenvalue weighted by Gasteiger charge is -2.39. The van der Waals surface area contributed by atoms with E-state index in [1.54, 1.807) is 14.2 Å². The van der Waals surface area contributed by atoms with E-state index in [1.165, 1.54) is 5.56 Å². The van der Waals surface area contributed by atoms with Crippen molar-refractivity contribution >= 4 is 5.91 Å². The van der Waals surface area contributed by atoms with Crippen molar-refractivity contribution in [3.8, 4) is 11.5 Å². The monoisotopic (exact) mass is 407 g/mol. The van der Waals surface area contributed by atoms with Gasteiger partial charge in [-0.15, -0.1) is 0 Å². The molecule has 30 heavy (non-hydrogen) atoms. The molecule has 5 rings (SSSR count). The van der Waals surface area contributed by atoms with Gasteiger partial charge in [0.1, 0.15) is 0 Å². The van der Waals surface area contributed by atoms with Gasteiger partial charge in [0.2, 0.25) is 5.91 Å². The Balaban J connectivity index is 1.53. The van der Waals surface area contributed by atoms with Crippen molar-refractivity contribution in [3.63, 3.8) is 0 Å². The van der Waals surface area contributed by atoms with Crippen LogP contribution in [0.2, 0.25) is 0 Å². The molecule has 1 saturated heterocycles. The third-order valence-corrected chi connectivity index (χ3v) is 7.25. The summed E-state index contributed by atoms with van der Waals surface area (Å²) in [5.74, 6) is 1.88. The highest BCUT2D eigenvalue weighted by Gasteiger charge is 2.59. The fraction of sp³-hybridized carbons (Fsp3) is 0.480. The second kappa shape index (κ2) is 7.62. The zero-order valence-electron chi connectivity index (χ0n) is 17.7. The highest BCUT2D eigenvalue weighted by atomic mass is 16.5.